The van der Waals surface area contributed by atoms with Crippen molar-refractivity contribution in [2.45, 2.75) is 31.3 Å². The summed E-state index contributed by atoms with van der Waals surface area (Å²) in [5.74, 6) is -0.117. The second-order valence-corrected chi connectivity index (χ2v) is 8.21. The molecule has 1 atom stereocenters. The first kappa shape index (κ1) is 21.9. The van der Waals surface area contributed by atoms with Crippen molar-refractivity contribution >= 4 is 21.7 Å². The van der Waals surface area contributed by atoms with Gasteiger partial charge in [-0.25, -0.2) is 0 Å². The topological polar surface area (TPSA) is 105 Å². The minimum atomic E-state index is -3.91. The maximum atomic E-state index is 12.6. The van der Waals surface area contributed by atoms with Crippen LogP contribution in [-0.2, 0) is 25.6 Å². The van der Waals surface area contributed by atoms with Crippen LogP contribution in [0.25, 0.3) is 0 Å². The number of hydrogen-bond acceptors (Lipinski definition) is 6. The smallest absolute Gasteiger partial charge is 0.297 e. The van der Waals surface area contributed by atoms with E-state index in [1.54, 1.807) is 12.1 Å². The highest BCUT2D eigenvalue weighted by molar-refractivity contribution is 7.86. The summed E-state index contributed by atoms with van der Waals surface area (Å²) < 4.78 is 28.6. The van der Waals surface area contributed by atoms with Gasteiger partial charge in [-0.15, -0.1) is 0 Å². The monoisotopic (exact) mass is 406 g/mol. The molecule has 28 heavy (non-hydrogen) atoms. The van der Waals surface area contributed by atoms with Crippen molar-refractivity contribution in [2.75, 3.05) is 18.5 Å². The molecule has 0 heterocycles. The lowest BCUT2D eigenvalue weighted by molar-refractivity contribution is -0.122. The summed E-state index contributed by atoms with van der Waals surface area (Å²) >= 11 is 0. The number of aliphatic hydroxyl groups excluding tert-OH is 1. The molecule has 1 amide bonds. The molecular weight excluding hydrogens is 380 g/mol. The lowest BCUT2D eigenvalue weighted by Gasteiger charge is -2.23. The first-order valence-corrected chi connectivity index (χ1v) is 10.4. The van der Waals surface area contributed by atoms with Gasteiger partial charge in [-0.2, -0.15) is 8.42 Å². The van der Waals surface area contributed by atoms with E-state index in [9.17, 15) is 13.2 Å². The van der Waals surface area contributed by atoms with E-state index in [0.717, 1.165) is 5.56 Å². The molecule has 8 heteroatoms. The Labute approximate surface area is 165 Å². The Morgan fingerprint density at radius 1 is 1.07 bits per heavy atom. The molecule has 0 radical (unpaired) electrons. The highest BCUT2D eigenvalue weighted by Crippen LogP contribution is 2.18. The Hall–Kier alpha value is -2.42. The number of benzene rings is 2. The maximum Gasteiger partial charge on any atom is 0.297 e. The van der Waals surface area contributed by atoms with Gasteiger partial charge < -0.3 is 15.7 Å². The van der Waals surface area contributed by atoms with Crippen LogP contribution in [0.4, 0.5) is 5.69 Å². The summed E-state index contributed by atoms with van der Waals surface area (Å²) in [6.45, 7) is 3.62. The fraction of sp³-hybridized carbons (Fsp3) is 0.350. The number of anilines is 1. The van der Waals surface area contributed by atoms with Gasteiger partial charge in [0, 0.05) is 12.2 Å². The molecule has 0 aliphatic rings. The fourth-order valence-corrected chi connectivity index (χ4v) is 3.44. The van der Waals surface area contributed by atoms with Crippen molar-refractivity contribution in [3.8, 4) is 0 Å². The van der Waals surface area contributed by atoms with Crippen LogP contribution in [0.15, 0.2) is 59.5 Å². The quantitative estimate of drug-likeness (QED) is 0.522. The summed E-state index contributed by atoms with van der Waals surface area (Å²) in [4.78, 5) is 12.6. The molecule has 0 spiro atoms. The molecule has 0 aliphatic heterocycles. The maximum absolute atomic E-state index is 12.6. The zero-order valence-corrected chi connectivity index (χ0v) is 16.8. The van der Waals surface area contributed by atoms with Gasteiger partial charge in [-0.05, 0) is 35.7 Å². The lowest BCUT2D eigenvalue weighted by Crippen LogP contribution is -2.42. The molecule has 152 valence electrons. The Balaban J connectivity index is 2.02. The molecule has 3 N–H and O–H groups in total. The third-order valence-corrected chi connectivity index (χ3v) is 5.38. The molecule has 7 nitrogen and oxygen atoms in total. The number of nitrogens with one attached hydrogen (secondary N) is 2. The first-order valence-electron chi connectivity index (χ1n) is 9.02. The fourth-order valence-electron chi connectivity index (χ4n) is 2.54. The second-order valence-electron chi connectivity index (χ2n) is 6.59. The lowest BCUT2D eigenvalue weighted by atomic mass is 10.0. The summed E-state index contributed by atoms with van der Waals surface area (Å²) in [5.41, 5.74) is 1.63. The van der Waals surface area contributed by atoms with Gasteiger partial charge in [0.05, 0.1) is 18.1 Å². The summed E-state index contributed by atoms with van der Waals surface area (Å²) in [6, 6.07) is 15.1. The molecule has 0 saturated heterocycles. The zero-order chi connectivity index (χ0) is 20.6. The number of carbonyl (C=O) groups excluding carboxylic acids is 1. The van der Waals surface area contributed by atoms with Gasteiger partial charge >= 0.3 is 0 Å². The highest BCUT2D eigenvalue weighted by Gasteiger charge is 2.22. The van der Waals surface area contributed by atoms with E-state index < -0.39 is 16.2 Å². The van der Waals surface area contributed by atoms with Crippen LogP contribution in [-0.4, -0.2) is 38.7 Å². The van der Waals surface area contributed by atoms with Crippen molar-refractivity contribution < 1.29 is 22.5 Å². The van der Waals surface area contributed by atoms with Gasteiger partial charge in [-0.3, -0.25) is 8.98 Å². The van der Waals surface area contributed by atoms with E-state index >= 15 is 0 Å². The van der Waals surface area contributed by atoms with E-state index in [1.165, 1.54) is 12.1 Å². The summed E-state index contributed by atoms with van der Waals surface area (Å²) in [6.07, 6.45) is 0. The molecule has 0 unspecified atom stereocenters. The standard InChI is InChI=1S/C20H26N2O5S/c1-15(2)19(20(24)21-14-16-6-4-3-5-7-16)22-17-8-10-18(11-9-17)28(25,26)27-13-12-23/h3-11,15,19,22-23H,12-14H2,1-2H3,(H,21,24)/t19-/m1/s1. The van der Waals surface area contributed by atoms with E-state index in [0.29, 0.717) is 12.2 Å². The number of aliphatic hydroxyl groups is 1. The molecule has 0 aliphatic carbocycles. The van der Waals surface area contributed by atoms with Crippen molar-refractivity contribution in [1.82, 2.24) is 5.32 Å². The zero-order valence-electron chi connectivity index (χ0n) is 16.0. The van der Waals surface area contributed by atoms with Gasteiger partial charge in [0.1, 0.15) is 6.04 Å². The van der Waals surface area contributed by atoms with E-state index in [1.807, 2.05) is 44.2 Å². The normalized spacial score (nSPS) is 12.6. The Bertz CT molecular complexity index is 852. The van der Waals surface area contributed by atoms with Crippen molar-refractivity contribution in [3.63, 3.8) is 0 Å². The van der Waals surface area contributed by atoms with Crippen molar-refractivity contribution in [2.24, 2.45) is 5.92 Å². The number of rotatable bonds is 10. The Morgan fingerprint density at radius 2 is 1.71 bits per heavy atom. The van der Waals surface area contributed by atoms with Gasteiger partial charge in [-0.1, -0.05) is 44.2 Å². The van der Waals surface area contributed by atoms with Crippen molar-refractivity contribution in [1.29, 1.82) is 0 Å². The minimum absolute atomic E-state index is 0.0128. The molecule has 2 aromatic carbocycles. The van der Waals surface area contributed by atoms with Crippen molar-refractivity contribution in [3.05, 3.63) is 60.2 Å². The third-order valence-electron chi connectivity index (χ3n) is 4.05. The number of hydrogen-bond donors (Lipinski definition) is 3. The van der Waals surface area contributed by atoms with Crippen LogP contribution >= 0.6 is 0 Å². The van der Waals surface area contributed by atoms with Gasteiger partial charge in [0.25, 0.3) is 10.1 Å². The van der Waals surface area contributed by atoms with Crippen LogP contribution in [0.2, 0.25) is 0 Å². The van der Waals surface area contributed by atoms with Gasteiger partial charge in [0.2, 0.25) is 5.91 Å². The van der Waals surface area contributed by atoms with Crippen LogP contribution in [0.3, 0.4) is 0 Å². The average molecular weight is 407 g/mol. The molecule has 2 aromatic rings. The molecule has 0 fully saturated rings. The SMILES string of the molecule is CC(C)[C@@H](Nc1ccc(S(=O)(=O)OCCO)cc1)C(=O)NCc1ccccc1. The average Bonchev–Trinajstić information content (AvgIpc) is 2.69. The Kier molecular flexibility index (Phi) is 7.98. The molecule has 0 saturated carbocycles. The van der Waals surface area contributed by atoms with Crippen LogP contribution in [0, 0.1) is 5.92 Å². The molecule has 2 rings (SSSR count). The highest BCUT2D eigenvalue weighted by atomic mass is 32.2. The number of carbonyl (C=O) groups is 1. The molecule has 0 aromatic heterocycles. The predicted molar refractivity (Wildman–Crippen MR) is 107 cm³/mol. The number of amides is 1. The first-order chi connectivity index (χ1) is 13.3. The minimum Gasteiger partial charge on any atom is -0.394 e. The van der Waals surface area contributed by atoms with E-state index in [4.69, 9.17) is 5.11 Å². The summed E-state index contributed by atoms with van der Waals surface area (Å²) in [5, 5.41) is 14.8. The van der Waals surface area contributed by atoms with Crippen LogP contribution in [0.5, 0.6) is 0 Å². The van der Waals surface area contributed by atoms with E-state index in [2.05, 4.69) is 14.8 Å². The van der Waals surface area contributed by atoms with Crippen LogP contribution < -0.4 is 10.6 Å². The Morgan fingerprint density at radius 3 is 2.29 bits per heavy atom. The summed E-state index contributed by atoms with van der Waals surface area (Å²) in [7, 11) is -3.91. The predicted octanol–water partition coefficient (Wildman–Crippen LogP) is 2.14. The van der Waals surface area contributed by atoms with Crippen LogP contribution in [0.1, 0.15) is 19.4 Å². The second kappa shape index (κ2) is 10.2. The van der Waals surface area contributed by atoms with Gasteiger partial charge in [0.15, 0.2) is 0 Å². The van der Waals surface area contributed by atoms with E-state index in [-0.39, 0.29) is 29.9 Å². The largest absolute Gasteiger partial charge is 0.394 e. The molecular formula is C20H26N2O5S. The third kappa shape index (κ3) is 6.33. The molecule has 0 bridgehead atoms.